The molecule has 1 fully saturated rings. The van der Waals surface area contributed by atoms with E-state index in [1.807, 2.05) is 24.3 Å². The Labute approximate surface area is 165 Å². The number of rotatable bonds is 7. The number of thioether (sulfide) groups is 1. The van der Waals surface area contributed by atoms with Crippen molar-refractivity contribution in [1.82, 2.24) is 25.5 Å². The summed E-state index contributed by atoms with van der Waals surface area (Å²) in [5.74, 6) is 0.237. The number of nitrogens with one attached hydrogen (secondary N) is 1. The molecule has 1 amide bonds. The molecule has 9 heteroatoms. The van der Waals surface area contributed by atoms with Crippen molar-refractivity contribution in [2.24, 2.45) is 0 Å². The zero-order valence-corrected chi connectivity index (χ0v) is 15.9. The summed E-state index contributed by atoms with van der Waals surface area (Å²) in [4.78, 5) is 12.8. The Kier molecular flexibility index (Phi) is 5.25. The molecule has 28 heavy (non-hydrogen) atoms. The number of carbonyl (C=O) groups is 1. The van der Waals surface area contributed by atoms with Crippen LogP contribution in [-0.4, -0.2) is 39.3 Å². The largest absolute Gasteiger partial charge is 0.497 e. The van der Waals surface area contributed by atoms with E-state index in [2.05, 4.69) is 20.8 Å². The summed E-state index contributed by atoms with van der Waals surface area (Å²) in [7, 11) is 1.60. The molecule has 1 heterocycles. The van der Waals surface area contributed by atoms with Crippen LogP contribution < -0.4 is 10.1 Å². The van der Waals surface area contributed by atoms with Crippen molar-refractivity contribution >= 4 is 17.7 Å². The standard InChI is InChI=1S/C19H18FN5O2S/c1-27-16-10-8-15(9-11-16)25-19(22-23-24-25)28-17(18(26)21-14-6-7-14)12-2-4-13(20)5-3-12/h2-5,8-11,14,17H,6-7H2,1H3,(H,21,26)/t17-/m1/s1. The average molecular weight is 399 g/mol. The van der Waals surface area contributed by atoms with Crippen molar-refractivity contribution in [2.75, 3.05) is 7.11 Å². The van der Waals surface area contributed by atoms with E-state index in [4.69, 9.17) is 4.74 Å². The molecule has 1 saturated carbocycles. The number of benzene rings is 2. The number of hydrogen-bond donors (Lipinski definition) is 1. The first-order chi connectivity index (χ1) is 13.6. The van der Waals surface area contributed by atoms with Crippen molar-refractivity contribution < 1.29 is 13.9 Å². The average Bonchev–Trinajstić information content (AvgIpc) is 3.41. The quantitative estimate of drug-likeness (QED) is 0.615. The molecule has 4 rings (SSSR count). The number of carbonyl (C=O) groups excluding carboxylic acids is 1. The van der Waals surface area contributed by atoms with Crippen LogP contribution in [0, 0.1) is 5.82 Å². The minimum Gasteiger partial charge on any atom is -0.497 e. The third kappa shape index (κ3) is 4.14. The second-order valence-corrected chi connectivity index (χ2v) is 7.48. The first-order valence-electron chi connectivity index (χ1n) is 8.79. The van der Waals surface area contributed by atoms with Gasteiger partial charge in [0.2, 0.25) is 11.1 Å². The molecule has 0 saturated heterocycles. The summed E-state index contributed by atoms with van der Waals surface area (Å²) < 4.78 is 20.1. The second kappa shape index (κ2) is 7.97. The summed E-state index contributed by atoms with van der Waals surface area (Å²) in [5.41, 5.74) is 1.43. The maximum absolute atomic E-state index is 13.3. The summed E-state index contributed by atoms with van der Waals surface area (Å²) in [6.07, 6.45) is 1.96. The lowest BCUT2D eigenvalue weighted by molar-refractivity contribution is -0.120. The Bertz CT molecular complexity index is 957. The first-order valence-corrected chi connectivity index (χ1v) is 9.67. The molecule has 2 aromatic carbocycles. The molecule has 0 aliphatic heterocycles. The summed E-state index contributed by atoms with van der Waals surface area (Å²) >= 11 is 1.22. The molecular formula is C19H18FN5O2S. The maximum Gasteiger partial charge on any atom is 0.238 e. The number of amides is 1. The van der Waals surface area contributed by atoms with E-state index < -0.39 is 5.25 Å². The highest BCUT2D eigenvalue weighted by molar-refractivity contribution is 8.00. The number of nitrogens with zero attached hydrogens (tertiary/aromatic N) is 4. The maximum atomic E-state index is 13.3. The van der Waals surface area contributed by atoms with E-state index >= 15 is 0 Å². The third-order valence-electron chi connectivity index (χ3n) is 4.32. The van der Waals surface area contributed by atoms with Crippen LogP contribution in [0.5, 0.6) is 5.75 Å². The Morgan fingerprint density at radius 2 is 1.93 bits per heavy atom. The van der Waals surface area contributed by atoms with Gasteiger partial charge in [0.25, 0.3) is 0 Å². The first kappa shape index (κ1) is 18.4. The minimum atomic E-state index is -0.593. The van der Waals surface area contributed by atoms with E-state index in [0.717, 1.165) is 24.3 Å². The highest BCUT2D eigenvalue weighted by atomic mass is 32.2. The van der Waals surface area contributed by atoms with Gasteiger partial charge in [0.15, 0.2) is 0 Å². The van der Waals surface area contributed by atoms with Gasteiger partial charge >= 0.3 is 0 Å². The molecule has 1 N–H and O–H groups in total. The van der Waals surface area contributed by atoms with Gasteiger partial charge in [0, 0.05) is 6.04 Å². The molecule has 3 aromatic rings. The van der Waals surface area contributed by atoms with E-state index in [1.165, 1.54) is 23.9 Å². The molecule has 0 unspecified atom stereocenters. The number of hydrogen-bond acceptors (Lipinski definition) is 6. The fourth-order valence-electron chi connectivity index (χ4n) is 2.66. The molecule has 1 aliphatic carbocycles. The van der Waals surface area contributed by atoms with Crippen LogP contribution in [0.15, 0.2) is 53.7 Å². The van der Waals surface area contributed by atoms with E-state index in [9.17, 15) is 9.18 Å². The molecule has 1 aliphatic rings. The van der Waals surface area contributed by atoms with Gasteiger partial charge in [-0.1, -0.05) is 23.9 Å². The van der Waals surface area contributed by atoms with Gasteiger partial charge in [-0.05, 0) is 65.2 Å². The van der Waals surface area contributed by atoms with Crippen LogP contribution in [0.2, 0.25) is 0 Å². The highest BCUT2D eigenvalue weighted by Crippen LogP contribution is 2.36. The third-order valence-corrected chi connectivity index (χ3v) is 5.50. The topological polar surface area (TPSA) is 81.9 Å². The Hall–Kier alpha value is -2.94. The number of aromatic nitrogens is 4. The van der Waals surface area contributed by atoms with Gasteiger partial charge in [-0.15, -0.1) is 5.10 Å². The molecule has 0 radical (unpaired) electrons. The number of halogens is 1. The number of tetrazole rings is 1. The van der Waals surface area contributed by atoms with Gasteiger partial charge in [-0.2, -0.15) is 4.68 Å². The number of ether oxygens (including phenoxy) is 1. The van der Waals surface area contributed by atoms with Gasteiger partial charge in [-0.3, -0.25) is 4.79 Å². The van der Waals surface area contributed by atoms with Crippen molar-refractivity contribution in [3.8, 4) is 11.4 Å². The SMILES string of the molecule is COc1ccc(-n2nnnc2S[C@@H](C(=O)NC2CC2)c2ccc(F)cc2)cc1. The van der Waals surface area contributed by atoms with Crippen molar-refractivity contribution in [3.63, 3.8) is 0 Å². The fourth-order valence-corrected chi connectivity index (χ4v) is 3.66. The normalized spacial score (nSPS) is 14.5. The zero-order chi connectivity index (χ0) is 19.5. The predicted octanol–water partition coefficient (Wildman–Crippen LogP) is 2.92. The molecule has 1 aromatic heterocycles. The van der Waals surface area contributed by atoms with Crippen molar-refractivity contribution in [1.29, 1.82) is 0 Å². The molecule has 0 spiro atoms. The summed E-state index contributed by atoms with van der Waals surface area (Å²) in [6, 6.07) is 13.4. The Morgan fingerprint density at radius 3 is 2.57 bits per heavy atom. The minimum absolute atomic E-state index is 0.136. The lowest BCUT2D eigenvalue weighted by atomic mass is 10.1. The summed E-state index contributed by atoms with van der Waals surface area (Å²) in [6.45, 7) is 0. The lowest BCUT2D eigenvalue weighted by Crippen LogP contribution is -2.30. The molecule has 7 nitrogen and oxygen atoms in total. The fraction of sp³-hybridized carbons (Fsp3) is 0.263. The van der Waals surface area contributed by atoms with Gasteiger partial charge in [-0.25, -0.2) is 4.39 Å². The molecule has 1 atom stereocenters. The monoisotopic (exact) mass is 399 g/mol. The van der Waals surface area contributed by atoms with Crippen LogP contribution in [0.25, 0.3) is 5.69 Å². The van der Waals surface area contributed by atoms with Gasteiger partial charge in [0.05, 0.1) is 12.8 Å². The van der Waals surface area contributed by atoms with E-state index in [0.29, 0.717) is 10.7 Å². The Morgan fingerprint density at radius 1 is 1.21 bits per heavy atom. The molecule has 144 valence electrons. The molecular weight excluding hydrogens is 381 g/mol. The predicted molar refractivity (Wildman–Crippen MR) is 102 cm³/mol. The van der Waals surface area contributed by atoms with Crippen molar-refractivity contribution in [3.05, 3.63) is 59.9 Å². The smallest absolute Gasteiger partial charge is 0.238 e. The van der Waals surface area contributed by atoms with Crippen LogP contribution >= 0.6 is 11.8 Å². The van der Waals surface area contributed by atoms with Gasteiger partial charge < -0.3 is 10.1 Å². The summed E-state index contributed by atoms with van der Waals surface area (Å²) in [5, 5.41) is 14.7. The molecule has 0 bridgehead atoms. The van der Waals surface area contributed by atoms with Crippen LogP contribution in [-0.2, 0) is 4.79 Å². The Balaban J connectivity index is 1.62. The van der Waals surface area contributed by atoms with E-state index in [-0.39, 0.29) is 17.8 Å². The van der Waals surface area contributed by atoms with E-state index in [1.54, 1.807) is 23.9 Å². The lowest BCUT2D eigenvalue weighted by Gasteiger charge is -2.16. The second-order valence-electron chi connectivity index (χ2n) is 6.40. The van der Waals surface area contributed by atoms with Gasteiger partial charge in [0.1, 0.15) is 16.8 Å². The van der Waals surface area contributed by atoms with Crippen LogP contribution in [0.4, 0.5) is 4.39 Å². The van der Waals surface area contributed by atoms with Crippen molar-refractivity contribution in [2.45, 2.75) is 29.3 Å². The van der Waals surface area contributed by atoms with Crippen LogP contribution in [0.1, 0.15) is 23.7 Å². The number of methoxy groups -OCH3 is 1. The highest BCUT2D eigenvalue weighted by Gasteiger charge is 2.30. The zero-order valence-electron chi connectivity index (χ0n) is 15.1. The van der Waals surface area contributed by atoms with Crippen LogP contribution in [0.3, 0.4) is 0 Å².